The lowest BCUT2D eigenvalue weighted by molar-refractivity contribution is -0.120. The number of rotatable bonds is 7. The van der Waals surface area contributed by atoms with Gasteiger partial charge in [-0.15, -0.1) is 11.8 Å². The summed E-state index contributed by atoms with van der Waals surface area (Å²) in [6, 6.07) is 0.230. The molecular weight excluding hydrogens is 196 g/mol. The Balaban J connectivity index is 3.51. The van der Waals surface area contributed by atoms with E-state index in [-0.39, 0.29) is 17.2 Å². The molecule has 0 saturated carbocycles. The summed E-state index contributed by atoms with van der Waals surface area (Å²) in [7, 11) is 0. The maximum absolute atomic E-state index is 11.4. The first kappa shape index (κ1) is 13.8. The van der Waals surface area contributed by atoms with Crippen LogP contribution in [0.1, 0.15) is 33.6 Å². The van der Waals surface area contributed by atoms with Gasteiger partial charge in [0, 0.05) is 12.6 Å². The van der Waals surface area contributed by atoms with Crippen molar-refractivity contribution >= 4 is 17.7 Å². The van der Waals surface area contributed by atoms with Crippen LogP contribution < -0.4 is 11.1 Å². The highest BCUT2D eigenvalue weighted by atomic mass is 32.2. The van der Waals surface area contributed by atoms with E-state index in [4.69, 9.17) is 5.73 Å². The summed E-state index contributed by atoms with van der Waals surface area (Å²) in [6.45, 7) is 6.75. The van der Waals surface area contributed by atoms with Gasteiger partial charge in [-0.3, -0.25) is 4.79 Å². The summed E-state index contributed by atoms with van der Waals surface area (Å²) in [5.41, 5.74) is 5.62. The zero-order chi connectivity index (χ0) is 11.0. The number of carbonyl (C=O) groups is 1. The molecule has 0 saturated heterocycles. The van der Waals surface area contributed by atoms with E-state index in [1.165, 1.54) is 0 Å². The fourth-order valence-corrected chi connectivity index (χ4v) is 1.99. The van der Waals surface area contributed by atoms with Crippen molar-refractivity contribution in [2.45, 2.75) is 44.9 Å². The van der Waals surface area contributed by atoms with Gasteiger partial charge in [0.25, 0.3) is 0 Å². The molecular formula is C10H22N2OS. The summed E-state index contributed by atoms with van der Waals surface area (Å²) in [5, 5.41) is 2.92. The highest BCUT2D eigenvalue weighted by Crippen LogP contribution is 2.12. The zero-order valence-electron chi connectivity index (χ0n) is 9.38. The van der Waals surface area contributed by atoms with Crippen LogP contribution in [0.25, 0.3) is 0 Å². The van der Waals surface area contributed by atoms with Gasteiger partial charge in [0.1, 0.15) is 0 Å². The molecule has 0 fully saturated rings. The third-order valence-electron chi connectivity index (χ3n) is 1.86. The molecule has 0 aliphatic heterocycles. The quantitative estimate of drug-likeness (QED) is 0.678. The van der Waals surface area contributed by atoms with Crippen LogP contribution in [-0.4, -0.2) is 29.5 Å². The average Bonchev–Trinajstić information content (AvgIpc) is 2.13. The van der Waals surface area contributed by atoms with Gasteiger partial charge in [-0.2, -0.15) is 0 Å². The van der Waals surface area contributed by atoms with E-state index in [0.717, 1.165) is 25.1 Å². The largest absolute Gasteiger partial charge is 0.355 e. The Morgan fingerprint density at radius 1 is 1.50 bits per heavy atom. The van der Waals surface area contributed by atoms with Crippen LogP contribution in [0.5, 0.6) is 0 Å². The number of hydrogen-bond acceptors (Lipinski definition) is 3. The van der Waals surface area contributed by atoms with E-state index < -0.39 is 0 Å². The zero-order valence-corrected chi connectivity index (χ0v) is 10.2. The van der Waals surface area contributed by atoms with Gasteiger partial charge in [0.15, 0.2) is 0 Å². The minimum absolute atomic E-state index is 0.0419. The SMILES string of the molecule is CCCNC(=O)C(C)SCCC(C)N. The van der Waals surface area contributed by atoms with Crippen molar-refractivity contribution in [1.82, 2.24) is 5.32 Å². The Bertz CT molecular complexity index is 162. The monoisotopic (exact) mass is 218 g/mol. The van der Waals surface area contributed by atoms with Gasteiger partial charge in [0.2, 0.25) is 5.91 Å². The van der Waals surface area contributed by atoms with E-state index in [2.05, 4.69) is 5.32 Å². The van der Waals surface area contributed by atoms with E-state index in [0.29, 0.717) is 0 Å². The number of hydrogen-bond donors (Lipinski definition) is 2. The molecule has 14 heavy (non-hydrogen) atoms. The number of nitrogens with one attached hydrogen (secondary N) is 1. The van der Waals surface area contributed by atoms with Crippen molar-refractivity contribution in [3.8, 4) is 0 Å². The highest BCUT2D eigenvalue weighted by molar-refractivity contribution is 8.00. The number of carbonyl (C=O) groups excluding carboxylic acids is 1. The molecule has 0 radical (unpaired) electrons. The van der Waals surface area contributed by atoms with Crippen LogP contribution in [0.4, 0.5) is 0 Å². The fraction of sp³-hybridized carbons (Fsp3) is 0.900. The van der Waals surface area contributed by atoms with Crippen LogP contribution in [-0.2, 0) is 4.79 Å². The molecule has 2 unspecified atom stereocenters. The molecule has 0 spiro atoms. The first-order chi connectivity index (χ1) is 6.57. The van der Waals surface area contributed by atoms with Crippen LogP contribution >= 0.6 is 11.8 Å². The Hall–Kier alpha value is -0.220. The average molecular weight is 218 g/mol. The lowest BCUT2D eigenvalue weighted by atomic mass is 10.3. The molecule has 0 rings (SSSR count). The summed E-state index contributed by atoms with van der Waals surface area (Å²) in [6.07, 6.45) is 1.96. The van der Waals surface area contributed by atoms with Crippen molar-refractivity contribution in [2.24, 2.45) is 5.73 Å². The highest BCUT2D eigenvalue weighted by Gasteiger charge is 2.11. The van der Waals surface area contributed by atoms with Gasteiger partial charge in [0.05, 0.1) is 5.25 Å². The van der Waals surface area contributed by atoms with Crippen molar-refractivity contribution in [2.75, 3.05) is 12.3 Å². The van der Waals surface area contributed by atoms with E-state index in [1.54, 1.807) is 11.8 Å². The normalized spacial score (nSPS) is 14.9. The summed E-state index contributed by atoms with van der Waals surface area (Å²) < 4.78 is 0. The Morgan fingerprint density at radius 2 is 2.14 bits per heavy atom. The number of amides is 1. The standard InChI is InChI=1S/C10H22N2OS/c1-4-6-12-10(13)9(3)14-7-5-8(2)11/h8-9H,4-7,11H2,1-3H3,(H,12,13). The number of thioether (sulfide) groups is 1. The molecule has 3 nitrogen and oxygen atoms in total. The topological polar surface area (TPSA) is 55.1 Å². The second-order valence-corrected chi connectivity index (χ2v) is 5.02. The first-order valence-electron chi connectivity index (χ1n) is 5.22. The van der Waals surface area contributed by atoms with Gasteiger partial charge >= 0.3 is 0 Å². The Morgan fingerprint density at radius 3 is 2.64 bits per heavy atom. The molecule has 0 aromatic rings. The van der Waals surface area contributed by atoms with Crippen LogP contribution in [0.3, 0.4) is 0 Å². The predicted molar refractivity (Wildman–Crippen MR) is 63.5 cm³/mol. The predicted octanol–water partition coefficient (Wildman–Crippen LogP) is 1.37. The lowest BCUT2D eigenvalue weighted by Gasteiger charge is -2.12. The van der Waals surface area contributed by atoms with E-state index >= 15 is 0 Å². The second-order valence-electron chi connectivity index (χ2n) is 3.57. The molecule has 2 atom stereocenters. The third-order valence-corrected chi connectivity index (χ3v) is 3.04. The van der Waals surface area contributed by atoms with Crippen LogP contribution in [0.15, 0.2) is 0 Å². The van der Waals surface area contributed by atoms with E-state index in [1.807, 2.05) is 20.8 Å². The molecule has 0 aliphatic rings. The molecule has 0 heterocycles. The molecule has 0 aromatic heterocycles. The van der Waals surface area contributed by atoms with Crippen molar-refractivity contribution < 1.29 is 4.79 Å². The maximum Gasteiger partial charge on any atom is 0.232 e. The van der Waals surface area contributed by atoms with Crippen LogP contribution in [0.2, 0.25) is 0 Å². The minimum atomic E-state index is 0.0419. The van der Waals surface area contributed by atoms with Crippen molar-refractivity contribution in [3.05, 3.63) is 0 Å². The smallest absolute Gasteiger partial charge is 0.232 e. The van der Waals surface area contributed by atoms with Crippen molar-refractivity contribution in [3.63, 3.8) is 0 Å². The third kappa shape index (κ3) is 7.21. The molecule has 1 amide bonds. The Kier molecular flexibility index (Phi) is 7.99. The molecule has 0 bridgehead atoms. The fourth-order valence-electron chi connectivity index (χ4n) is 0.898. The molecule has 0 aromatic carbocycles. The molecule has 84 valence electrons. The molecule has 0 aliphatic carbocycles. The first-order valence-corrected chi connectivity index (χ1v) is 6.27. The van der Waals surface area contributed by atoms with Gasteiger partial charge in [-0.1, -0.05) is 6.92 Å². The van der Waals surface area contributed by atoms with Gasteiger partial charge in [-0.05, 0) is 32.4 Å². The Labute approximate surface area is 91.2 Å². The molecule has 4 heteroatoms. The second kappa shape index (κ2) is 8.12. The lowest BCUT2D eigenvalue weighted by Crippen LogP contribution is -2.31. The summed E-state index contributed by atoms with van der Waals surface area (Å²) in [4.78, 5) is 11.4. The van der Waals surface area contributed by atoms with Crippen LogP contribution in [0, 0.1) is 0 Å². The van der Waals surface area contributed by atoms with E-state index in [9.17, 15) is 4.79 Å². The van der Waals surface area contributed by atoms with Gasteiger partial charge < -0.3 is 11.1 Å². The summed E-state index contributed by atoms with van der Waals surface area (Å²) >= 11 is 1.67. The van der Waals surface area contributed by atoms with Gasteiger partial charge in [-0.25, -0.2) is 0 Å². The maximum atomic E-state index is 11.4. The molecule has 3 N–H and O–H groups in total. The number of nitrogens with two attached hydrogens (primary N) is 1. The minimum Gasteiger partial charge on any atom is -0.355 e. The summed E-state index contributed by atoms with van der Waals surface area (Å²) in [5.74, 6) is 1.10. The van der Waals surface area contributed by atoms with Crippen molar-refractivity contribution in [1.29, 1.82) is 0 Å².